The number of rotatable bonds is 9. The maximum Gasteiger partial charge on any atom is 0.250 e. The Hall–Kier alpha value is -2.50. The maximum atomic E-state index is 13.7. The van der Waals surface area contributed by atoms with Crippen molar-refractivity contribution < 1.29 is 22.2 Å². The van der Waals surface area contributed by atoms with Gasteiger partial charge >= 0.3 is 0 Å². The number of carbonyl (C=O) groups excluding carboxylic acids is 1. The molecular weight excluding hydrogens is 563 g/mol. The van der Waals surface area contributed by atoms with Crippen LogP contribution in [-0.4, -0.2) is 33.8 Å². The maximum absolute atomic E-state index is 13.7. The highest BCUT2D eigenvalue weighted by Gasteiger charge is 2.30. The minimum Gasteiger partial charge on any atom is -0.598 e. The van der Waals surface area contributed by atoms with Gasteiger partial charge in [-0.05, 0) is 80.8 Å². The molecule has 0 fully saturated rings. The van der Waals surface area contributed by atoms with Crippen molar-refractivity contribution in [1.82, 2.24) is 9.29 Å². The predicted molar refractivity (Wildman–Crippen MR) is 155 cm³/mol. The highest BCUT2D eigenvalue weighted by molar-refractivity contribution is 7.91. The van der Waals surface area contributed by atoms with Crippen molar-refractivity contribution in [2.24, 2.45) is 7.05 Å². The van der Waals surface area contributed by atoms with E-state index in [0.29, 0.717) is 22.3 Å². The first kappa shape index (κ1) is 31.0. The summed E-state index contributed by atoms with van der Waals surface area (Å²) in [5, 5.41) is 0.0904. The first-order valence-corrected chi connectivity index (χ1v) is 15.6. The summed E-state index contributed by atoms with van der Waals surface area (Å²) in [5.74, 6) is -1.41. The fourth-order valence-electron chi connectivity index (χ4n) is 3.86. The molecule has 0 aliphatic rings. The van der Waals surface area contributed by atoms with Gasteiger partial charge in [0.15, 0.2) is 15.6 Å². The van der Waals surface area contributed by atoms with E-state index in [-0.39, 0.29) is 33.2 Å². The molecule has 7 nitrogen and oxygen atoms in total. The summed E-state index contributed by atoms with van der Waals surface area (Å²) in [6.45, 7) is 8.72. The lowest BCUT2D eigenvalue weighted by atomic mass is 9.89. The molecule has 2 aromatic carbocycles. The number of ketones is 1. The van der Waals surface area contributed by atoms with E-state index in [9.17, 15) is 27.0 Å². The van der Waals surface area contributed by atoms with Crippen molar-refractivity contribution in [2.75, 3.05) is 5.75 Å². The summed E-state index contributed by atoms with van der Waals surface area (Å²) < 4.78 is 55.2. The van der Waals surface area contributed by atoms with Gasteiger partial charge in [-0.15, -0.1) is 4.72 Å². The average Bonchev–Trinajstić information content (AvgIpc) is 2.85. The quantitative estimate of drug-likeness (QED) is 0.272. The van der Waals surface area contributed by atoms with Crippen molar-refractivity contribution >= 4 is 38.6 Å². The van der Waals surface area contributed by atoms with E-state index in [2.05, 4.69) is 4.72 Å². The molecule has 1 N–H and O–H groups in total. The van der Waals surface area contributed by atoms with Crippen molar-refractivity contribution in [3.63, 3.8) is 0 Å². The largest absolute Gasteiger partial charge is 0.598 e. The zero-order chi connectivity index (χ0) is 29.3. The van der Waals surface area contributed by atoms with Crippen molar-refractivity contribution in [3.05, 3.63) is 92.1 Å². The highest BCUT2D eigenvalue weighted by Crippen LogP contribution is 2.36. The number of benzene rings is 2. The summed E-state index contributed by atoms with van der Waals surface area (Å²) in [6.07, 6.45) is 1.55. The number of aromatic nitrogens is 1. The Morgan fingerprint density at radius 3 is 2.33 bits per heavy atom. The average molecular weight is 595 g/mol. The van der Waals surface area contributed by atoms with E-state index in [1.807, 2.05) is 20.8 Å². The monoisotopic (exact) mass is 594 g/mol. The predicted octanol–water partition coefficient (Wildman–Crippen LogP) is 5.12. The first-order chi connectivity index (χ1) is 18.0. The second kappa shape index (κ2) is 11.9. The van der Waals surface area contributed by atoms with Crippen LogP contribution in [0.4, 0.5) is 4.39 Å². The first-order valence-electron chi connectivity index (χ1n) is 12.3. The van der Waals surface area contributed by atoms with Gasteiger partial charge in [0.25, 0.3) is 5.56 Å². The number of aryl methyl sites for hydroxylation is 1. The van der Waals surface area contributed by atoms with E-state index in [4.69, 9.17) is 11.6 Å². The zero-order valence-electron chi connectivity index (χ0n) is 22.7. The molecule has 39 heavy (non-hydrogen) atoms. The molecule has 0 radical (unpaired) electrons. The lowest BCUT2D eigenvalue weighted by Gasteiger charge is -2.27. The van der Waals surface area contributed by atoms with Crippen molar-refractivity contribution in [3.8, 4) is 11.1 Å². The van der Waals surface area contributed by atoms with Crippen LogP contribution >= 0.6 is 11.6 Å². The van der Waals surface area contributed by atoms with Crippen LogP contribution in [0.3, 0.4) is 0 Å². The van der Waals surface area contributed by atoms with Crippen LogP contribution in [-0.2, 0) is 34.0 Å². The number of sulfone groups is 1. The van der Waals surface area contributed by atoms with Crippen LogP contribution in [0.1, 0.15) is 67.7 Å². The van der Waals surface area contributed by atoms with Gasteiger partial charge in [-0.1, -0.05) is 18.5 Å². The summed E-state index contributed by atoms with van der Waals surface area (Å²) in [5.41, 5.74) is 1.59. The lowest BCUT2D eigenvalue weighted by molar-refractivity contribution is 0.103. The third kappa shape index (κ3) is 7.37. The Bertz CT molecular complexity index is 1550. The van der Waals surface area contributed by atoms with Crippen LogP contribution in [0.5, 0.6) is 0 Å². The van der Waals surface area contributed by atoms with Crippen LogP contribution in [0.2, 0.25) is 5.02 Å². The molecule has 3 rings (SSSR count). The van der Waals surface area contributed by atoms with Crippen LogP contribution < -0.4 is 10.3 Å². The minimum atomic E-state index is -3.48. The highest BCUT2D eigenvalue weighted by atomic mass is 35.5. The van der Waals surface area contributed by atoms with E-state index >= 15 is 0 Å². The minimum absolute atomic E-state index is 0.0904. The third-order valence-electron chi connectivity index (χ3n) is 6.21. The van der Waals surface area contributed by atoms with Gasteiger partial charge in [0.05, 0.1) is 11.8 Å². The van der Waals surface area contributed by atoms with E-state index in [1.54, 1.807) is 26.2 Å². The smallest absolute Gasteiger partial charge is 0.250 e. The molecule has 1 heterocycles. The standard InChI is InChI=1S/C28H32ClFN2O5S2/c1-7-39(36,37)16-19-12-22(23(13-25(19)29)27(34)18-8-10-20(30)11-9-18)24-15-32(6)26(33)14-21(24)17(2)31-38(35)28(3,4)5/h8-15,17,31H,7,16H2,1-6H3/t17-,38?/m0/s1. The van der Waals surface area contributed by atoms with E-state index in [1.165, 1.54) is 47.9 Å². The Balaban J connectivity index is 2.32. The fourth-order valence-corrected chi connectivity index (χ4v) is 5.89. The van der Waals surface area contributed by atoms with Gasteiger partial charge in [-0.3, -0.25) is 9.59 Å². The Labute approximate surface area is 236 Å². The molecule has 2 atom stereocenters. The molecule has 0 spiro atoms. The molecule has 0 saturated heterocycles. The van der Waals surface area contributed by atoms with Crippen LogP contribution in [0, 0.1) is 5.82 Å². The summed E-state index contributed by atoms with van der Waals surface area (Å²) in [6, 6.07) is 8.81. The summed E-state index contributed by atoms with van der Waals surface area (Å²) >= 11 is 5.03. The number of carbonyl (C=O) groups is 1. The lowest BCUT2D eigenvalue weighted by Crippen LogP contribution is -2.41. The van der Waals surface area contributed by atoms with Gasteiger partial charge in [-0.2, -0.15) is 0 Å². The van der Waals surface area contributed by atoms with E-state index in [0.717, 1.165) is 0 Å². The molecule has 210 valence electrons. The fraction of sp³-hybridized carbons (Fsp3) is 0.357. The molecular formula is C28H32ClFN2O5S2. The molecule has 0 bridgehead atoms. The van der Waals surface area contributed by atoms with Gasteiger partial charge in [0.1, 0.15) is 10.6 Å². The number of nitrogens with zero attached hydrogens (tertiary/aromatic N) is 1. The van der Waals surface area contributed by atoms with Gasteiger partial charge in [0, 0.05) is 58.1 Å². The van der Waals surface area contributed by atoms with Gasteiger partial charge in [-0.25, -0.2) is 12.8 Å². The Morgan fingerprint density at radius 2 is 1.77 bits per heavy atom. The number of hydrogen-bond donors (Lipinski definition) is 1. The number of halogens is 2. The topological polar surface area (TPSA) is 108 Å². The summed E-state index contributed by atoms with van der Waals surface area (Å²) in [7, 11) is -1.92. The second-order valence-electron chi connectivity index (χ2n) is 10.3. The third-order valence-corrected chi connectivity index (χ3v) is 9.87. The van der Waals surface area contributed by atoms with E-state index < -0.39 is 43.6 Å². The van der Waals surface area contributed by atoms with Crippen molar-refractivity contribution in [2.45, 2.75) is 51.2 Å². The Morgan fingerprint density at radius 1 is 1.15 bits per heavy atom. The second-order valence-corrected chi connectivity index (χ2v) is 15.1. The molecule has 0 aliphatic heterocycles. The van der Waals surface area contributed by atoms with Gasteiger partial charge < -0.3 is 9.12 Å². The molecule has 0 saturated carbocycles. The molecule has 3 aromatic rings. The van der Waals surface area contributed by atoms with Gasteiger partial charge in [0.2, 0.25) is 0 Å². The van der Waals surface area contributed by atoms with Crippen molar-refractivity contribution in [1.29, 1.82) is 0 Å². The normalized spacial score (nSPS) is 13.8. The number of hydrogen-bond acceptors (Lipinski definition) is 6. The van der Waals surface area contributed by atoms with Crippen LogP contribution in [0.15, 0.2) is 53.5 Å². The van der Waals surface area contributed by atoms with Crippen LogP contribution in [0.25, 0.3) is 11.1 Å². The molecule has 11 heteroatoms. The molecule has 0 aliphatic carbocycles. The molecule has 1 aromatic heterocycles. The summed E-state index contributed by atoms with van der Waals surface area (Å²) in [4.78, 5) is 26.4. The SMILES string of the molecule is CCS(=O)(=O)Cc1cc(-c2cn(C)c(=O)cc2[C@H](C)N[S+]([O-])C(C)(C)C)c(C(=O)c2ccc(F)cc2)cc1Cl. The number of pyridine rings is 1. The number of nitrogens with one attached hydrogen (secondary N) is 1. The zero-order valence-corrected chi connectivity index (χ0v) is 25.1. The molecule has 0 amide bonds. The molecule has 1 unspecified atom stereocenters. The Kier molecular flexibility index (Phi) is 9.50.